The van der Waals surface area contributed by atoms with E-state index >= 15 is 0 Å². The summed E-state index contributed by atoms with van der Waals surface area (Å²) in [6.07, 6.45) is 2.99. The first kappa shape index (κ1) is 18.0. The maximum atomic E-state index is 12.3. The van der Waals surface area contributed by atoms with Gasteiger partial charge >= 0.3 is 5.97 Å². The molecule has 2 heterocycles. The zero-order valence-corrected chi connectivity index (χ0v) is 14.7. The number of para-hydroxylation sites is 1. The minimum atomic E-state index is -0.844. The van der Waals surface area contributed by atoms with Crippen molar-refractivity contribution in [3.05, 3.63) is 41.8 Å². The van der Waals surface area contributed by atoms with Gasteiger partial charge in [-0.2, -0.15) is 0 Å². The van der Waals surface area contributed by atoms with Gasteiger partial charge < -0.3 is 19.7 Å². The third-order valence-corrected chi connectivity index (χ3v) is 4.54. The third-order valence-electron chi connectivity index (χ3n) is 4.54. The number of nitrogens with zero attached hydrogens (tertiary/aromatic N) is 1. The zero-order chi connectivity index (χ0) is 18.5. The molecule has 1 fully saturated rings. The predicted molar refractivity (Wildman–Crippen MR) is 94.0 cm³/mol. The molecule has 0 bridgehead atoms. The molecule has 1 amide bonds. The molecular weight excluding hydrogens is 336 g/mol. The van der Waals surface area contributed by atoms with Crippen LogP contribution in [0.25, 0.3) is 0 Å². The number of esters is 1. The van der Waals surface area contributed by atoms with E-state index in [1.165, 1.54) is 0 Å². The Hall–Kier alpha value is -2.83. The largest absolute Gasteiger partial charge is 0.470 e. The van der Waals surface area contributed by atoms with Crippen molar-refractivity contribution >= 4 is 23.3 Å². The summed E-state index contributed by atoms with van der Waals surface area (Å²) < 4.78 is 10.4. The van der Waals surface area contributed by atoms with Crippen LogP contribution in [0.1, 0.15) is 26.2 Å². The van der Waals surface area contributed by atoms with Crippen molar-refractivity contribution in [1.82, 2.24) is 4.90 Å². The molecule has 26 heavy (non-hydrogen) atoms. The van der Waals surface area contributed by atoms with Crippen molar-refractivity contribution in [3.63, 3.8) is 0 Å². The number of hydrogen-bond donors (Lipinski definition) is 1. The predicted octanol–water partition coefficient (Wildman–Crippen LogP) is 1.85. The Morgan fingerprint density at radius 3 is 2.77 bits per heavy atom. The van der Waals surface area contributed by atoms with E-state index in [2.05, 4.69) is 5.32 Å². The second-order valence-electron chi connectivity index (χ2n) is 6.42. The quantitative estimate of drug-likeness (QED) is 0.639. The van der Waals surface area contributed by atoms with Gasteiger partial charge in [0.15, 0.2) is 18.8 Å². The molecule has 138 valence electrons. The van der Waals surface area contributed by atoms with E-state index in [-0.39, 0.29) is 36.6 Å². The van der Waals surface area contributed by atoms with E-state index in [0.717, 1.165) is 19.3 Å². The van der Waals surface area contributed by atoms with Crippen LogP contribution in [0.5, 0.6) is 0 Å². The number of benzene rings is 1. The molecule has 2 aliphatic heterocycles. The van der Waals surface area contributed by atoms with Crippen LogP contribution in [0.4, 0.5) is 5.69 Å². The van der Waals surface area contributed by atoms with Crippen molar-refractivity contribution in [2.45, 2.75) is 32.2 Å². The Kier molecular flexibility index (Phi) is 5.55. The van der Waals surface area contributed by atoms with Crippen LogP contribution >= 0.6 is 0 Å². The van der Waals surface area contributed by atoms with Crippen LogP contribution < -0.4 is 5.32 Å². The van der Waals surface area contributed by atoms with Gasteiger partial charge in [0.25, 0.3) is 5.91 Å². The molecule has 3 rings (SSSR count). The molecule has 2 aliphatic rings. The van der Waals surface area contributed by atoms with Gasteiger partial charge in [-0.25, -0.2) is 4.79 Å². The minimum absolute atomic E-state index is 0.0602. The smallest absolute Gasteiger partial charge is 0.347 e. The number of ether oxygens (including phenoxy) is 2. The summed E-state index contributed by atoms with van der Waals surface area (Å²) in [6.45, 7) is 2.05. The lowest BCUT2D eigenvalue weighted by molar-refractivity contribution is -0.151. The number of hydrogen-bond acceptors (Lipinski definition) is 6. The average molecular weight is 358 g/mol. The summed E-state index contributed by atoms with van der Waals surface area (Å²) in [5, 5.41) is 2.90. The molecule has 0 aliphatic carbocycles. The molecule has 7 nitrogen and oxygen atoms in total. The highest BCUT2D eigenvalue weighted by Crippen LogP contribution is 2.21. The summed E-state index contributed by atoms with van der Waals surface area (Å²) in [4.78, 5) is 38.3. The van der Waals surface area contributed by atoms with Gasteiger partial charge in [-0.15, -0.1) is 0 Å². The Labute approximate surface area is 151 Å². The number of carbonyl (C=O) groups is 3. The van der Waals surface area contributed by atoms with Gasteiger partial charge in [-0.05, 0) is 38.3 Å². The number of piperidine rings is 1. The van der Waals surface area contributed by atoms with E-state index in [1.54, 1.807) is 17.0 Å². The number of Topliss-reactive ketones (excluding diaryl/α,β-unsaturated/α-hetero) is 1. The highest BCUT2D eigenvalue weighted by Gasteiger charge is 2.33. The van der Waals surface area contributed by atoms with E-state index in [9.17, 15) is 14.4 Å². The van der Waals surface area contributed by atoms with Crippen LogP contribution in [-0.2, 0) is 23.9 Å². The number of anilines is 1. The summed E-state index contributed by atoms with van der Waals surface area (Å²) in [6, 6.07) is 9.18. The number of likely N-dealkylation sites (tertiary alicyclic amines) is 1. The molecule has 0 aromatic heterocycles. The lowest BCUT2D eigenvalue weighted by Crippen LogP contribution is -2.44. The molecule has 1 aromatic carbocycles. The minimum Gasteiger partial charge on any atom is -0.470 e. The highest BCUT2D eigenvalue weighted by atomic mass is 16.5. The summed E-state index contributed by atoms with van der Waals surface area (Å²) in [5.41, 5.74) is 0.495. The van der Waals surface area contributed by atoms with Crippen molar-refractivity contribution in [3.8, 4) is 0 Å². The fourth-order valence-electron chi connectivity index (χ4n) is 3.12. The first-order chi connectivity index (χ1) is 12.6. The van der Waals surface area contributed by atoms with Crippen LogP contribution in [0, 0.1) is 0 Å². The van der Waals surface area contributed by atoms with Crippen LogP contribution in [0.15, 0.2) is 41.8 Å². The van der Waals surface area contributed by atoms with Gasteiger partial charge in [-0.1, -0.05) is 18.2 Å². The van der Waals surface area contributed by atoms with E-state index < -0.39 is 11.8 Å². The van der Waals surface area contributed by atoms with Crippen LogP contribution in [-0.4, -0.2) is 48.4 Å². The standard InChI is InChI=1S/C19H22N2O5/c1-13-7-5-6-10-21(13)16(23)12-26-19(24)17-15(22)11-25-18(17)20-14-8-3-2-4-9-14/h2-4,8-9,13,20H,5-7,10-12H2,1H3/t13-/m0/s1. The lowest BCUT2D eigenvalue weighted by atomic mass is 10.0. The highest BCUT2D eigenvalue weighted by molar-refractivity contribution is 6.20. The fraction of sp³-hybridized carbons (Fsp3) is 0.421. The lowest BCUT2D eigenvalue weighted by Gasteiger charge is -2.33. The molecule has 0 radical (unpaired) electrons. The first-order valence-electron chi connectivity index (χ1n) is 8.75. The molecule has 0 saturated carbocycles. The molecule has 1 aromatic rings. The van der Waals surface area contributed by atoms with E-state index in [1.807, 2.05) is 25.1 Å². The molecule has 7 heteroatoms. The summed E-state index contributed by atoms with van der Waals surface area (Å²) in [5.74, 6) is -1.49. The van der Waals surface area contributed by atoms with Crippen LogP contribution in [0.3, 0.4) is 0 Å². The molecule has 1 N–H and O–H groups in total. The fourth-order valence-corrected chi connectivity index (χ4v) is 3.12. The normalized spacial score (nSPS) is 20.0. The van der Waals surface area contributed by atoms with Crippen LogP contribution in [0.2, 0.25) is 0 Å². The zero-order valence-electron chi connectivity index (χ0n) is 14.7. The molecular formula is C19H22N2O5. The SMILES string of the molecule is C[C@H]1CCCCN1C(=O)COC(=O)C1=C(Nc2ccccc2)OCC1=O. The number of ketones is 1. The Bertz CT molecular complexity index is 729. The Balaban J connectivity index is 1.64. The molecule has 0 spiro atoms. The van der Waals surface area contributed by atoms with Gasteiger partial charge in [0, 0.05) is 18.3 Å². The third kappa shape index (κ3) is 4.04. The van der Waals surface area contributed by atoms with Crippen molar-refractivity contribution in [2.24, 2.45) is 0 Å². The van der Waals surface area contributed by atoms with Gasteiger partial charge in [0.2, 0.25) is 11.7 Å². The van der Waals surface area contributed by atoms with Crippen molar-refractivity contribution in [2.75, 3.05) is 25.1 Å². The molecule has 1 saturated heterocycles. The molecule has 0 unspecified atom stereocenters. The first-order valence-corrected chi connectivity index (χ1v) is 8.75. The number of nitrogens with one attached hydrogen (secondary N) is 1. The monoisotopic (exact) mass is 358 g/mol. The van der Waals surface area contributed by atoms with E-state index in [0.29, 0.717) is 12.2 Å². The maximum absolute atomic E-state index is 12.3. The molecule has 1 atom stereocenters. The Morgan fingerprint density at radius 2 is 2.04 bits per heavy atom. The maximum Gasteiger partial charge on any atom is 0.347 e. The number of carbonyl (C=O) groups excluding carboxylic acids is 3. The van der Waals surface area contributed by atoms with E-state index in [4.69, 9.17) is 9.47 Å². The van der Waals surface area contributed by atoms with Gasteiger partial charge in [0.1, 0.15) is 0 Å². The topological polar surface area (TPSA) is 84.9 Å². The second kappa shape index (κ2) is 8.03. The number of amides is 1. The van der Waals surface area contributed by atoms with Gasteiger partial charge in [0.05, 0.1) is 0 Å². The Morgan fingerprint density at radius 1 is 1.27 bits per heavy atom. The number of rotatable bonds is 5. The van der Waals surface area contributed by atoms with Gasteiger partial charge in [-0.3, -0.25) is 9.59 Å². The summed E-state index contributed by atoms with van der Waals surface area (Å²) >= 11 is 0. The van der Waals surface area contributed by atoms with Crippen molar-refractivity contribution in [1.29, 1.82) is 0 Å². The second-order valence-corrected chi connectivity index (χ2v) is 6.42. The average Bonchev–Trinajstić information content (AvgIpc) is 3.01. The van der Waals surface area contributed by atoms with Crippen molar-refractivity contribution < 1.29 is 23.9 Å². The summed E-state index contributed by atoms with van der Waals surface area (Å²) in [7, 11) is 0.